The first-order valence-electron chi connectivity index (χ1n) is 7.90. The van der Waals surface area contributed by atoms with Gasteiger partial charge in [-0.15, -0.1) is 0 Å². The molecule has 1 heterocycles. The molecule has 0 bridgehead atoms. The maximum atomic E-state index is 12.5. The molecule has 0 aliphatic rings. The number of amides is 1. The predicted molar refractivity (Wildman–Crippen MR) is 95.0 cm³/mol. The number of aromatic nitrogens is 2. The van der Waals surface area contributed by atoms with Crippen molar-refractivity contribution in [3.8, 4) is 11.3 Å². The zero-order chi connectivity index (χ0) is 18.6. The van der Waals surface area contributed by atoms with E-state index in [4.69, 9.17) is 5.73 Å². The van der Waals surface area contributed by atoms with Crippen molar-refractivity contribution in [3.63, 3.8) is 0 Å². The van der Waals surface area contributed by atoms with Crippen molar-refractivity contribution in [1.82, 2.24) is 14.7 Å². The molecule has 8 heteroatoms. The fourth-order valence-electron chi connectivity index (χ4n) is 2.32. The van der Waals surface area contributed by atoms with Crippen LogP contribution in [-0.4, -0.2) is 30.3 Å². The lowest BCUT2D eigenvalue weighted by atomic mass is 10.0. The smallest absolute Gasteiger partial charge is 0.264 e. The number of hydrogen-bond donors (Lipinski definition) is 2. The zero-order valence-electron chi connectivity index (χ0n) is 14.4. The summed E-state index contributed by atoms with van der Waals surface area (Å²) >= 11 is 0. The van der Waals surface area contributed by atoms with Crippen LogP contribution in [0.5, 0.6) is 0 Å². The van der Waals surface area contributed by atoms with Crippen LogP contribution >= 0.6 is 0 Å². The van der Waals surface area contributed by atoms with Crippen LogP contribution in [0, 0.1) is 12.8 Å². The highest BCUT2D eigenvalue weighted by Gasteiger charge is 2.23. The molecule has 2 aromatic rings. The van der Waals surface area contributed by atoms with Crippen molar-refractivity contribution in [1.29, 1.82) is 0 Å². The maximum absolute atomic E-state index is 12.5. The van der Waals surface area contributed by atoms with Crippen LogP contribution in [0.15, 0.2) is 41.6 Å². The summed E-state index contributed by atoms with van der Waals surface area (Å²) in [5, 5.41) is 0. The lowest BCUT2D eigenvalue weighted by molar-refractivity contribution is -0.120. The average molecular weight is 362 g/mol. The molecule has 1 aromatic heterocycles. The van der Waals surface area contributed by atoms with Gasteiger partial charge in [0.2, 0.25) is 0 Å². The topological polar surface area (TPSA) is 115 Å². The number of carbonyl (C=O) groups is 1. The van der Waals surface area contributed by atoms with Crippen LogP contribution < -0.4 is 10.5 Å². The Kier molecular flexibility index (Phi) is 5.86. The minimum atomic E-state index is -4.00. The minimum Gasteiger partial charge on any atom is -0.320 e. The van der Waals surface area contributed by atoms with Gasteiger partial charge in [-0.05, 0) is 37.5 Å². The lowest BCUT2D eigenvalue weighted by Gasteiger charge is -2.14. The van der Waals surface area contributed by atoms with Gasteiger partial charge >= 0.3 is 0 Å². The number of nitrogens with two attached hydrogens (primary N) is 1. The zero-order valence-corrected chi connectivity index (χ0v) is 15.2. The Morgan fingerprint density at radius 3 is 2.60 bits per heavy atom. The largest absolute Gasteiger partial charge is 0.320 e. The SMILES string of the molecule is Cc1cc(-c2cccc(S(=O)(=O)NC(=O)[C@@H](N)CC(C)C)c2)ncn1. The Labute approximate surface area is 147 Å². The minimum absolute atomic E-state index is 0.0219. The van der Waals surface area contributed by atoms with Crippen LogP contribution in [0.1, 0.15) is 26.0 Å². The highest BCUT2D eigenvalue weighted by molar-refractivity contribution is 7.90. The second-order valence-corrected chi connectivity index (χ2v) is 7.96. The van der Waals surface area contributed by atoms with Gasteiger partial charge in [0.15, 0.2) is 0 Å². The second kappa shape index (κ2) is 7.71. The molecule has 0 unspecified atom stereocenters. The molecule has 1 atom stereocenters. The molecule has 7 nitrogen and oxygen atoms in total. The van der Waals surface area contributed by atoms with Crippen LogP contribution in [-0.2, 0) is 14.8 Å². The first-order chi connectivity index (χ1) is 11.7. The number of hydrogen-bond acceptors (Lipinski definition) is 6. The van der Waals surface area contributed by atoms with Gasteiger partial charge in [-0.25, -0.2) is 23.1 Å². The third-order valence-corrected chi connectivity index (χ3v) is 4.89. The summed E-state index contributed by atoms with van der Waals surface area (Å²) in [5.74, 6) is -0.523. The fraction of sp³-hybridized carbons (Fsp3) is 0.353. The summed E-state index contributed by atoms with van der Waals surface area (Å²) < 4.78 is 27.0. The number of aryl methyl sites for hydroxylation is 1. The van der Waals surface area contributed by atoms with Crippen molar-refractivity contribution in [2.75, 3.05) is 0 Å². The summed E-state index contributed by atoms with van der Waals surface area (Å²) in [5.41, 5.74) is 7.74. The Morgan fingerprint density at radius 1 is 1.24 bits per heavy atom. The Hall–Kier alpha value is -2.32. The van der Waals surface area contributed by atoms with Gasteiger partial charge in [0, 0.05) is 11.3 Å². The highest BCUT2D eigenvalue weighted by Crippen LogP contribution is 2.21. The second-order valence-electron chi connectivity index (χ2n) is 6.28. The molecule has 1 amide bonds. The molecule has 0 saturated heterocycles. The van der Waals surface area contributed by atoms with E-state index in [1.165, 1.54) is 18.5 Å². The first-order valence-corrected chi connectivity index (χ1v) is 9.38. The van der Waals surface area contributed by atoms with E-state index in [2.05, 4.69) is 9.97 Å². The number of sulfonamides is 1. The molecule has 0 radical (unpaired) electrons. The maximum Gasteiger partial charge on any atom is 0.264 e. The van der Waals surface area contributed by atoms with Crippen molar-refractivity contribution < 1.29 is 13.2 Å². The summed E-state index contributed by atoms with van der Waals surface area (Å²) in [6.45, 7) is 5.64. The summed E-state index contributed by atoms with van der Waals surface area (Å²) in [6.07, 6.45) is 1.82. The fourth-order valence-corrected chi connectivity index (χ4v) is 3.39. The number of nitrogens with one attached hydrogen (secondary N) is 1. The van der Waals surface area contributed by atoms with Gasteiger partial charge < -0.3 is 5.73 Å². The van der Waals surface area contributed by atoms with Crippen LogP contribution in [0.25, 0.3) is 11.3 Å². The molecule has 134 valence electrons. The quantitative estimate of drug-likeness (QED) is 0.807. The molecule has 2 rings (SSSR count). The van der Waals surface area contributed by atoms with Gasteiger partial charge in [-0.3, -0.25) is 4.79 Å². The number of carbonyl (C=O) groups excluding carboxylic acids is 1. The standard InChI is InChI=1S/C17H22N4O3S/c1-11(2)7-15(18)17(22)21-25(23,24)14-6-4-5-13(9-14)16-8-12(3)19-10-20-16/h4-6,8-11,15H,7,18H2,1-3H3,(H,21,22)/t15-/m0/s1. The van der Waals surface area contributed by atoms with Crippen LogP contribution in [0.4, 0.5) is 0 Å². The third kappa shape index (κ3) is 5.07. The van der Waals surface area contributed by atoms with E-state index in [1.54, 1.807) is 18.2 Å². The van der Waals surface area contributed by atoms with E-state index in [0.29, 0.717) is 17.7 Å². The van der Waals surface area contributed by atoms with Crippen molar-refractivity contribution >= 4 is 15.9 Å². The predicted octanol–water partition coefficient (Wildman–Crippen LogP) is 1.63. The summed E-state index contributed by atoms with van der Waals surface area (Å²) in [6, 6.07) is 7.10. The monoisotopic (exact) mass is 362 g/mol. The first kappa shape index (κ1) is 19.0. The van der Waals surface area contributed by atoms with Crippen LogP contribution in [0.2, 0.25) is 0 Å². The van der Waals surface area contributed by atoms with Crippen molar-refractivity contribution in [3.05, 3.63) is 42.4 Å². The molecule has 0 aliphatic carbocycles. The normalized spacial score (nSPS) is 12.8. The van der Waals surface area contributed by atoms with Crippen molar-refractivity contribution in [2.45, 2.75) is 38.1 Å². The summed E-state index contributed by atoms with van der Waals surface area (Å²) in [7, 11) is -4.00. The van der Waals surface area contributed by atoms with Gasteiger partial charge in [0.25, 0.3) is 15.9 Å². The molecular formula is C17H22N4O3S. The Morgan fingerprint density at radius 2 is 1.96 bits per heavy atom. The molecule has 0 aliphatic heterocycles. The van der Waals surface area contributed by atoms with E-state index >= 15 is 0 Å². The van der Waals surface area contributed by atoms with Gasteiger partial charge in [0.05, 0.1) is 16.6 Å². The highest BCUT2D eigenvalue weighted by atomic mass is 32.2. The lowest BCUT2D eigenvalue weighted by Crippen LogP contribution is -2.43. The summed E-state index contributed by atoms with van der Waals surface area (Å²) in [4.78, 5) is 20.2. The Balaban J connectivity index is 2.25. The molecule has 25 heavy (non-hydrogen) atoms. The number of benzene rings is 1. The Bertz CT molecular complexity index is 866. The molecule has 0 saturated carbocycles. The van der Waals surface area contributed by atoms with E-state index in [9.17, 15) is 13.2 Å². The molecular weight excluding hydrogens is 340 g/mol. The molecule has 1 aromatic carbocycles. The van der Waals surface area contributed by atoms with E-state index in [1.807, 2.05) is 25.5 Å². The van der Waals surface area contributed by atoms with Crippen LogP contribution in [0.3, 0.4) is 0 Å². The average Bonchev–Trinajstić information content (AvgIpc) is 2.54. The van der Waals surface area contributed by atoms with Crippen molar-refractivity contribution in [2.24, 2.45) is 11.7 Å². The molecule has 0 spiro atoms. The van der Waals surface area contributed by atoms with Gasteiger partial charge in [-0.1, -0.05) is 26.0 Å². The van der Waals surface area contributed by atoms with E-state index in [0.717, 1.165) is 5.69 Å². The third-order valence-electron chi connectivity index (χ3n) is 3.54. The van der Waals surface area contributed by atoms with E-state index in [-0.39, 0.29) is 10.8 Å². The van der Waals surface area contributed by atoms with E-state index < -0.39 is 22.0 Å². The van der Waals surface area contributed by atoms with Gasteiger partial charge in [-0.2, -0.15) is 0 Å². The number of rotatable bonds is 6. The number of nitrogens with zero attached hydrogens (tertiary/aromatic N) is 2. The van der Waals surface area contributed by atoms with Gasteiger partial charge in [0.1, 0.15) is 6.33 Å². The molecule has 0 fully saturated rings. The molecule has 3 N–H and O–H groups in total.